The van der Waals surface area contributed by atoms with Crippen molar-refractivity contribution < 1.29 is 4.74 Å². The fourth-order valence-electron chi connectivity index (χ4n) is 7.96. The molecular formula is C47H39N3O5. The second-order valence-electron chi connectivity index (χ2n) is 16.7. The van der Waals surface area contributed by atoms with E-state index in [1.165, 1.54) is 10.1 Å². The number of hydrogen-bond acceptors (Lipinski definition) is 6. The van der Waals surface area contributed by atoms with E-state index in [-0.39, 0.29) is 21.6 Å². The average Bonchev–Trinajstić information content (AvgIpc) is 3.56. The molecule has 9 aromatic rings. The van der Waals surface area contributed by atoms with Crippen LogP contribution in [0.3, 0.4) is 0 Å². The number of nitrogens with zero attached hydrogens (tertiary/aromatic N) is 1. The Labute approximate surface area is 315 Å². The number of nitrogen functional groups attached to an aromatic ring is 1. The number of aromatic amines is 1. The number of aromatic nitrogens is 2. The molecule has 0 aliphatic rings. The van der Waals surface area contributed by atoms with Gasteiger partial charge in [0.05, 0.1) is 27.2 Å². The van der Waals surface area contributed by atoms with Crippen molar-refractivity contribution in [3.05, 3.63) is 150 Å². The molecule has 272 valence electrons. The predicted octanol–water partition coefficient (Wildman–Crippen LogP) is 9.52. The SMILES string of the molecule is CC(C)(C)CCC(C)(C)c1ccc(Oc2c3ccc(N)cc3cc3cc(-n4c(=O)c5cc6ccc7cc8c(=O)[nH]c(=O)c8cc7c6cc5c4=O)ccc23)cc1. The van der Waals surface area contributed by atoms with Crippen molar-refractivity contribution in [2.75, 3.05) is 5.73 Å². The maximum absolute atomic E-state index is 14.1. The number of anilines is 1. The highest BCUT2D eigenvalue weighted by Crippen LogP contribution is 2.40. The zero-order valence-corrected chi connectivity index (χ0v) is 31.3. The molecule has 0 aliphatic heterocycles. The van der Waals surface area contributed by atoms with Crippen molar-refractivity contribution >= 4 is 70.3 Å². The van der Waals surface area contributed by atoms with Crippen molar-refractivity contribution in [3.8, 4) is 17.2 Å². The third-order valence-electron chi connectivity index (χ3n) is 11.2. The normalized spacial score (nSPS) is 12.6. The van der Waals surface area contributed by atoms with E-state index >= 15 is 0 Å². The highest BCUT2D eigenvalue weighted by molar-refractivity contribution is 6.15. The molecule has 0 atom stereocenters. The van der Waals surface area contributed by atoms with Gasteiger partial charge in [0, 0.05) is 16.5 Å². The monoisotopic (exact) mass is 725 g/mol. The number of rotatable bonds is 6. The number of nitrogens with two attached hydrogens (primary N) is 1. The van der Waals surface area contributed by atoms with Crippen LogP contribution in [0.15, 0.2) is 122 Å². The van der Waals surface area contributed by atoms with Gasteiger partial charge in [0.25, 0.3) is 22.2 Å². The Balaban J connectivity index is 1.15. The van der Waals surface area contributed by atoms with Gasteiger partial charge >= 0.3 is 0 Å². The average molecular weight is 726 g/mol. The molecular weight excluding hydrogens is 687 g/mol. The largest absolute Gasteiger partial charge is 0.456 e. The standard InChI is InChI=1S/C47H39N3O5/c1-46(2,3)16-17-47(4,5)29-8-12-32(13-9-29)55-41-33-14-10-30(48)19-27(33)18-28-20-31(11-15-34(28)41)50-44(53)39-22-26-7-6-25-21-37-38(43(52)49-42(37)51)23-35(25)36(26)24-40(39)45(50)54/h6-15,18-24H,16-17,48H2,1-5H3,(H,49,51,52). The van der Waals surface area contributed by atoms with Crippen molar-refractivity contribution in [3.63, 3.8) is 0 Å². The van der Waals surface area contributed by atoms with Crippen LogP contribution in [0, 0.1) is 5.41 Å². The van der Waals surface area contributed by atoms with E-state index in [9.17, 15) is 19.2 Å². The molecule has 0 unspecified atom stereocenters. The van der Waals surface area contributed by atoms with Gasteiger partial charge < -0.3 is 10.5 Å². The van der Waals surface area contributed by atoms with Crippen LogP contribution in [0.4, 0.5) is 5.69 Å². The minimum atomic E-state index is -0.457. The van der Waals surface area contributed by atoms with E-state index < -0.39 is 22.2 Å². The molecule has 0 radical (unpaired) electrons. The summed E-state index contributed by atoms with van der Waals surface area (Å²) in [5.41, 5.74) is 7.03. The van der Waals surface area contributed by atoms with Crippen LogP contribution in [-0.4, -0.2) is 9.55 Å². The highest BCUT2D eigenvalue weighted by Gasteiger charge is 2.24. The van der Waals surface area contributed by atoms with Crippen LogP contribution < -0.4 is 32.7 Å². The number of nitrogens with one attached hydrogen (secondary N) is 1. The van der Waals surface area contributed by atoms with Crippen LogP contribution in [-0.2, 0) is 5.41 Å². The van der Waals surface area contributed by atoms with Crippen LogP contribution >= 0.6 is 0 Å². The van der Waals surface area contributed by atoms with Gasteiger partial charge in [-0.3, -0.25) is 24.2 Å². The Morgan fingerprint density at radius 3 is 1.76 bits per heavy atom. The summed E-state index contributed by atoms with van der Waals surface area (Å²) in [6, 6.07) is 32.0. The number of fused-ring (bicyclic) bond motifs is 7. The molecule has 8 heteroatoms. The zero-order chi connectivity index (χ0) is 38.6. The molecule has 0 bridgehead atoms. The Bertz CT molecular complexity index is 3280. The summed E-state index contributed by atoms with van der Waals surface area (Å²) in [6.45, 7) is 11.4. The summed E-state index contributed by atoms with van der Waals surface area (Å²) in [5.74, 6) is 1.35. The van der Waals surface area contributed by atoms with Gasteiger partial charge in [0.2, 0.25) is 0 Å². The van der Waals surface area contributed by atoms with Crippen molar-refractivity contribution in [2.45, 2.75) is 52.9 Å². The lowest BCUT2D eigenvalue weighted by atomic mass is 9.76. The van der Waals surface area contributed by atoms with Gasteiger partial charge in [-0.2, -0.15) is 0 Å². The number of benzene rings is 7. The predicted molar refractivity (Wildman–Crippen MR) is 225 cm³/mol. The molecule has 2 aromatic heterocycles. The lowest BCUT2D eigenvalue weighted by Crippen LogP contribution is -2.23. The maximum Gasteiger partial charge on any atom is 0.266 e. The molecule has 8 nitrogen and oxygen atoms in total. The minimum absolute atomic E-state index is 0.0102. The first kappa shape index (κ1) is 34.2. The van der Waals surface area contributed by atoms with Crippen molar-refractivity contribution in [1.29, 1.82) is 0 Å². The summed E-state index contributed by atoms with van der Waals surface area (Å²) < 4.78 is 7.88. The van der Waals surface area contributed by atoms with E-state index in [0.717, 1.165) is 45.2 Å². The Morgan fingerprint density at radius 1 is 0.545 bits per heavy atom. The first-order valence-corrected chi connectivity index (χ1v) is 18.5. The minimum Gasteiger partial charge on any atom is -0.456 e. The number of hydrogen-bond donors (Lipinski definition) is 2. The summed E-state index contributed by atoms with van der Waals surface area (Å²) in [7, 11) is 0. The molecule has 55 heavy (non-hydrogen) atoms. The molecule has 0 amide bonds. The van der Waals surface area contributed by atoms with Gasteiger partial charge in [-0.15, -0.1) is 0 Å². The molecule has 3 N–H and O–H groups in total. The quantitative estimate of drug-likeness (QED) is 0.1000. The van der Waals surface area contributed by atoms with E-state index in [4.69, 9.17) is 10.5 Å². The number of ether oxygens (including phenoxy) is 1. The van der Waals surface area contributed by atoms with Gasteiger partial charge in [-0.25, -0.2) is 4.57 Å². The second kappa shape index (κ2) is 12.0. The first-order chi connectivity index (χ1) is 26.1. The lowest BCUT2D eigenvalue weighted by molar-refractivity contribution is 0.315. The van der Waals surface area contributed by atoms with Gasteiger partial charge in [-0.05, 0) is 140 Å². The molecule has 0 aliphatic carbocycles. The Kier molecular flexibility index (Phi) is 7.46. The third kappa shape index (κ3) is 5.68. The summed E-state index contributed by atoms with van der Waals surface area (Å²) in [4.78, 5) is 55.2. The van der Waals surface area contributed by atoms with Crippen LogP contribution in [0.1, 0.15) is 53.0 Å². The summed E-state index contributed by atoms with van der Waals surface area (Å²) in [5, 5.41) is 7.43. The first-order valence-electron chi connectivity index (χ1n) is 18.5. The smallest absolute Gasteiger partial charge is 0.266 e. The van der Waals surface area contributed by atoms with Crippen LogP contribution in [0.25, 0.3) is 70.3 Å². The fraction of sp³-hybridized carbons (Fsp3) is 0.191. The van der Waals surface area contributed by atoms with Crippen LogP contribution in [0.5, 0.6) is 11.5 Å². The van der Waals surface area contributed by atoms with Gasteiger partial charge in [0.15, 0.2) is 0 Å². The second-order valence-corrected chi connectivity index (χ2v) is 16.7. The molecule has 0 fully saturated rings. The molecule has 0 saturated heterocycles. The summed E-state index contributed by atoms with van der Waals surface area (Å²) >= 11 is 0. The Hall–Kier alpha value is -6.54. The van der Waals surface area contributed by atoms with Crippen molar-refractivity contribution in [2.24, 2.45) is 5.41 Å². The van der Waals surface area contributed by atoms with E-state index in [0.29, 0.717) is 44.4 Å². The molecule has 0 saturated carbocycles. The Morgan fingerprint density at radius 2 is 1.11 bits per heavy atom. The van der Waals surface area contributed by atoms with E-state index in [1.807, 2.05) is 60.7 Å². The molecule has 7 aromatic carbocycles. The topological polar surface area (TPSA) is 124 Å². The van der Waals surface area contributed by atoms with Gasteiger partial charge in [-0.1, -0.05) is 58.9 Å². The maximum atomic E-state index is 14.1. The van der Waals surface area contributed by atoms with Gasteiger partial charge in [0.1, 0.15) is 11.5 Å². The fourth-order valence-corrected chi connectivity index (χ4v) is 7.96. The zero-order valence-electron chi connectivity index (χ0n) is 31.3. The summed E-state index contributed by atoms with van der Waals surface area (Å²) in [6.07, 6.45) is 2.19. The van der Waals surface area contributed by atoms with E-state index in [1.54, 1.807) is 30.3 Å². The lowest BCUT2D eigenvalue weighted by Gasteiger charge is -2.29. The third-order valence-corrected chi connectivity index (χ3v) is 11.2. The van der Waals surface area contributed by atoms with Crippen molar-refractivity contribution in [1.82, 2.24) is 9.55 Å². The molecule has 0 spiro atoms. The van der Waals surface area contributed by atoms with Crippen LogP contribution in [0.2, 0.25) is 0 Å². The molecule has 2 heterocycles. The molecule has 9 rings (SSSR count). The highest BCUT2D eigenvalue weighted by atomic mass is 16.5. The number of H-pyrrole nitrogens is 1. The van der Waals surface area contributed by atoms with E-state index in [2.05, 4.69) is 51.7 Å².